The van der Waals surface area contributed by atoms with Crippen LogP contribution < -0.4 is 20.6 Å². The van der Waals surface area contributed by atoms with Crippen molar-refractivity contribution in [3.63, 3.8) is 0 Å². The van der Waals surface area contributed by atoms with Crippen LogP contribution in [0.2, 0.25) is 10.0 Å². The molecule has 0 spiro atoms. The first kappa shape index (κ1) is 18.9. The molecule has 0 saturated carbocycles. The van der Waals surface area contributed by atoms with E-state index in [0.717, 1.165) is 11.1 Å². The van der Waals surface area contributed by atoms with Gasteiger partial charge in [-0.15, -0.1) is 0 Å². The van der Waals surface area contributed by atoms with Crippen LogP contribution in [-0.4, -0.2) is 18.9 Å². The van der Waals surface area contributed by atoms with Gasteiger partial charge in [-0.1, -0.05) is 29.3 Å². The van der Waals surface area contributed by atoms with Gasteiger partial charge in [0.1, 0.15) is 6.61 Å². The predicted molar refractivity (Wildman–Crippen MR) is 98.7 cm³/mol. The van der Waals surface area contributed by atoms with E-state index >= 15 is 0 Å². The third kappa shape index (κ3) is 5.85. The average Bonchev–Trinajstić information content (AvgIpc) is 2.57. The van der Waals surface area contributed by atoms with E-state index in [4.69, 9.17) is 38.4 Å². The second-order valence-electron chi connectivity index (χ2n) is 4.91. The summed E-state index contributed by atoms with van der Waals surface area (Å²) in [7, 11) is 0. The Balaban J connectivity index is 2.11. The van der Waals surface area contributed by atoms with E-state index in [-0.39, 0.29) is 0 Å². The van der Waals surface area contributed by atoms with E-state index in [1.165, 1.54) is 6.21 Å². The van der Waals surface area contributed by atoms with E-state index in [1.807, 2.05) is 13.0 Å². The van der Waals surface area contributed by atoms with Gasteiger partial charge in [0.05, 0.1) is 22.9 Å². The number of hydrogen-bond acceptors (Lipinski definition) is 4. The minimum atomic E-state index is -0.733. The summed E-state index contributed by atoms with van der Waals surface area (Å²) in [6.07, 6.45) is 1.45. The summed E-state index contributed by atoms with van der Waals surface area (Å²) in [6, 6.07) is 9.86. The molecular weight excluding hydrogens is 365 g/mol. The van der Waals surface area contributed by atoms with Crippen molar-refractivity contribution in [2.75, 3.05) is 6.61 Å². The number of hydrogen-bond donors (Lipinski definition) is 2. The first-order valence-electron chi connectivity index (χ1n) is 7.41. The molecule has 0 bridgehead atoms. The fourth-order valence-corrected chi connectivity index (χ4v) is 2.27. The molecule has 0 heterocycles. The van der Waals surface area contributed by atoms with E-state index in [1.54, 1.807) is 30.3 Å². The number of nitrogens with two attached hydrogens (primary N) is 1. The molecule has 0 atom stereocenters. The Labute approximate surface area is 155 Å². The van der Waals surface area contributed by atoms with E-state index in [9.17, 15) is 4.79 Å². The van der Waals surface area contributed by atoms with Gasteiger partial charge in [0.2, 0.25) is 0 Å². The highest BCUT2D eigenvalue weighted by molar-refractivity contribution is 6.42. The number of nitrogens with zero attached hydrogens (tertiary/aromatic N) is 1. The molecular formula is C17H17Cl2N3O3. The number of ether oxygens (including phenoxy) is 2. The number of nitrogens with one attached hydrogen (secondary N) is 1. The van der Waals surface area contributed by atoms with Crippen molar-refractivity contribution in [2.45, 2.75) is 13.5 Å². The second-order valence-corrected chi connectivity index (χ2v) is 5.72. The Morgan fingerprint density at radius 1 is 1.16 bits per heavy atom. The van der Waals surface area contributed by atoms with E-state index in [0.29, 0.717) is 34.8 Å². The number of carbonyl (C=O) groups excluding carboxylic acids is 1. The number of amides is 2. The Morgan fingerprint density at radius 3 is 2.64 bits per heavy atom. The van der Waals surface area contributed by atoms with Gasteiger partial charge in [0.25, 0.3) is 0 Å². The van der Waals surface area contributed by atoms with Crippen LogP contribution in [0.25, 0.3) is 0 Å². The van der Waals surface area contributed by atoms with Gasteiger partial charge in [0.15, 0.2) is 11.5 Å². The summed E-state index contributed by atoms with van der Waals surface area (Å²) in [5, 5.41) is 4.68. The smallest absolute Gasteiger partial charge is 0.332 e. The standard InChI is InChI=1S/C17H17Cl2N3O3/c1-2-24-16-8-11(9-21-22-17(20)23)4-6-15(16)25-10-12-3-5-13(18)14(19)7-12/h3-9H,2,10H2,1H3,(H3,20,22,23). The molecule has 0 aliphatic rings. The number of benzene rings is 2. The van der Waals surface area contributed by atoms with Crippen LogP contribution in [0.15, 0.2) is 41.5 Å². The Kier molecular flexibility index (Phi) is 6.91. The first-order valence-corrected chi connectivity index (χ1v) is 8.17. The summed E-state index contributed by atoms with van der Waals surface area (Å²) >= 11 is 11.9. The quantitative estimate of drug-likeness (QED) is 0.561. The zero-order valence-corrected chi connectivity index (χ0v) is 15.0. The van der Waals surface area contributed by atoms with E-state index < -0.39 is 6.03 Å². The molecule has 2 aromatic rings. The fraction of sp³-hybridized carbons (Fsp3) is 0.176. The van der Waals surface area contributed by atoms with Gasteiger partial charge in [-0.2, -0.15) is 5.10 Å². The van der Waals surface area contributed by atoms with Gasteiger partial charge >= 0.3 is 6.03 Å². The molecule has 0 fully saturated rings. The molecule has 0 aliphatic heterocycles. The van der Waals surface area contributed by atoms with Crippen LogP contribution in [0.3, 0.4) is 0 Å². The zero-order valence-electron chi connectivity index (χ0n) is 13.5. The molecule has 25 heavy (non-hydrogen) atoms. The van der Waals surface area contributed by atoms with Crippen LogP contribution in [0.5, 0.6) is 11.5 Å². The van der Waals surface area contributed by atoms with Gasteiger partial charge in [-0.25, -0.2) is 10.2 Å². The number of hydrazone groups is 1. The third-order valence-corrected chi connectivity index (χ3v) is 3.77. The fourth-order valence-electron chi connectivity index (χ4n) is 1.95. The van der Waals surface area contributed by atoms with Crippen LogP contribution in [-0.2, 0) is 6.61 Å². The van der Waals surface area contributed by atoms with Crippen LogP contribution >= 0.6 is 23.2 Å². The maximum atomic E-state index is 10.6. The molecule has 0 unspecified atom stereocenters. The Morgan fingerprint density at radius 2 is 1.96 bits per heavy atom. The summed E-state index contributed by atoms with van der Waals surface area (Å²) in [5.41, 5.74) is 8.68. The van der Waals surface area contributed by atoms with Crippen molar-refractivity contribution in [3.05, 3.63) is 57.6 Å². The number of urea groups is 1. The van der Waals surface area contributed by atoms with Crippen molar-refractivity contribution < 1.29 is 14.3 Å². The lowest BCUT2D eigenvalue weighted by Gasteiger charge is -2.13. The number of rotatable bonds is 7. The van der Waals surface area contributed by atoms with E-state index in [2.05, 4.69) is 10.5 Å². The molecule has 3 N–H and O–H groups in total. The molecule has 6 nitrogen and oxygen atoms in total. The predicted octanol–water partition coefficient (Wildman–Crippen LogP) is 3.97. The number of halogens is 2. The van der Waals surface area contributed by atoms with Gasteiger partial charge < -0.3 is 15.2 Å². The Hall–Kier alpha value is -2.44. The lowest BCUT2D eigenvalue weighted by molar-refractivity contribution is 0.249. The van der Waals surface area contributed by atoms with Crippen molar-refractivity contribution in [1.29, 1.82) is 0 Å². The Bertz CT molecular complexity index is 782. The lowest BCUT2D eigenvalue weighted by Crippen LogP contribution is -2.24. The van der Waals surface area contributed by atoms with Gasteiger partial charge in [-0.3, -0.25) is 0 Å². The number of carbonyl (C=O) groups is 1. The molecule has 0 saturated heterocycles. The van der Waals surface area contributed by atoms with Crippen LogP contribution in [0.1, 0.15) is 18.1 Å². The monoisotopic (exact) mass is 381 g/mol. The molecule has 0 radical (unpaired) electrons. The van der Waals surface area contributed by atoms with Crippen LogP contribution in [0.4, 0.5) is 4.79 Å². The minimum Gasteiger partial charge on any atom is -0.490 e. The second kappa shape index (κ2) is 9.15. The van der Waals surface area contributed by atoms with Gasteiger partial charge in [-0.05, 0) is 48.4 Å². The molecule has 8 heteroatoms. The van der Waals surface area contributed by atoms with Crippen molar-refractivity contribution >= 4 is 35.4 Å². The zero-order chi connectivity index (χ0) is 18.2. The molecule has 2 amide bonds. The summed E-state index contributed by atoms with van der Waals surface area (Å²) in [6.45, 7) is 2.66. The van der Waals surface area contributed by atoms with Crippen LogP contribution in [0, 0.1) is 0 Å². The SMILES string of the molecule is CCOc1cc(C=NNC(N)=O)ccc1OCc1ccc(Cl)c(Cl)c1. The summed E-state index contributed by atoms with van der Waals surface area (Å²) < 4.78 is 11.4. The lowest BCUT2D eigenvalue weighted by atomic mass is 10.2. The highest BCUT2D eigenvalue weighted by Crippen LogP contribution is 2.29. The first-order chi connectivity index (χ1) is 12.0. The summed E-state index contributed by atoms with van der Waals surface area (Å²) in [5.74, 6) is 1.14. The van der Waals surface area contributed by atoms with Crippen molar-refractivity contribution in [1.82, 2.24) is 5.43 Å². The maximum absolute atomic E-state index is 10.6. The molecule has 132 valence electrons. The summed E-state index contributed by atoms with van der Waals surface area (Å²) in [4.78, 5) is 10.6. The average molecular weight is 382 g/mol. The van der Waals surface area contributed by atoms with Crippen molar-refractivity contribution in [2.24, 2.45) is 10.8 Å². The maximum Gasteiger partial charge on any atom is 0.332 e. The topological polar surface area (TPSA) is 85.9 Å². The molecule has 0 aromatic heterocycles. The van der Waals surface area contributed by atoms with Crippen molar-refractivity contribution in [3.8, 4) is 11.5 Å². The molecule has 2 aromatic carbocycles. The molecule has 2 rings (SSSR count). The van der Waals surface area contributed by atoms with Gasteiger partial charge in [0, 0.05) is 0 Å². The highest BCUT2D eigenvalue weighted by Gasteiger charge is 2.07. The normalized spacial score (nSPS) is 10.7. The largest absolute Gasteiger partial charge is 0.490 e. The molecule has 0 aliphatic carbocycles. The third-order valence-electron chi connectivity index (χ3n) is 3.03. The highest BCUT2D eigenvalue weighted by atomic mass is 35.5. The number of primary amides is 1. The minimum absolute atomic E-state index is 0.313.